The maximum absolute atomic E-state index is 12.1. The molecule has 0 bridgehead atoms. The first-order chi connectivity index (χ1) is 12.6. The highest BCUT2D eigenvalue weighted by atomic mass is 16.5. The molecule has 1 atom stereocenters. The minimum absolute atomic E-state index is 0.00410. The van der Waals surface area contributed by atoms with Gasteiger partial charge in [0.15, 0.2) is 6.10 Å². The molecule has 0 saturated heterocycles. The van der Waals surface area contributed by atoms with E-state index in [1.54, 1.807) is 49.6 Å². The van der Waals surface area contributed by atoms with Gasteiger partial charge in [-0.1, -0.05) is 12.1 Å². The Labute approximate surface area is 150 Å². The van der Waals surface area contributed by atoms with Gasteiger partial charge in [-0.05, 0) is 30.3 Å². The second-order valence-corrected chi connectivity index (χ2v) is 5.63. The predicted octanol–water partition coefficient (Wildman–Crippen LogP) is 2.54. The van der Waals surface area contributed by atoms with Crippen LogP contribution in [-0.4, -0.2) is 32.2 Å². The molecule has 1 aliphatic heterocycles. The summed E-state index contributed by atoms with van der Waals surface area (Å²) in [6.07, 6.45) is -1.11. The van der Waals surface area contributed by atoms with Gasteiger partial charge >= 0.3 is 5.97 Å². The number of carbonyl (C=O) groups is 2. The molecule has 1 N–H and O–H groups in total. The zero-order valence-electron chi connectivity index (χ0n) is 14.5. The number of carbonyl (C=O) groups excluding carboxylic acids is 2. The highest BCUT2D eigenvalue weighted by molar-refractivity contribution is 5.99. The average molecular weight is 357 g/mol. The minimum Gasteiger partial charge on any atom is -0.497 e. The zero-order chi connectivity index (χ0) is 18.5. The third kappa shape index (κ3) is 3.88. The summed E-state index contributed by atoms with van der Waals surface area (Å²) in [7, 11) is 3.08. The molecule has 0 aromatic heterocycles. The number of methoxy groups -OCH3 is 2. The second-order valence-electron chi connectivity index (χ2n) is 5.63. The van der Waals surface area contributed by atoms with Crippen molar-refractivity contribution in [2.24, 2.45) is 0 Å². The van der Waals surface area contributed by atoms with Crippen molar-refractivity contribution in [3.8, 4) is 17.2 Å². The molecule has 0 fully saturated rings. The first-order valence-electron chi connectivity index (χ1n) is 8.04. The van der Waals surface area contributed by atoms with Gasteiger partial charge in [-0.15, -0.1) is 0 Å². The van der Waals surface area contributed by atoms with Crippen molar-refractivity contribution in [3.05, 3.63) is 48.0 Å². The number of rotatable bonds is 6. The third-order valence-electron chi connectivity index (χ3n) is 3.93. The number of hydrogen-bond donors (Lipinski definition) is 1. The number of fused-ring (bicyclic) bond motifs is 1. The van der Waals surface area contributed by atoms with E-state index in [0.29, 0.717) is 28.5 Å². The second kappa shape index (κ2) is 7.77. The van der Waals surface area contributed by atoms with Crippen molar-refractivity contribution in [1.82, 2.24) is 0 Å². The lowest BCUT2D eigenvalue weighted by atomic mass is 10.1. The van der Waals surface area contributed by atoms with Crippen LogP contribution in [0.5, 0.6) is 17.2 Å². The van der Waals surface area contributed by atoms with Crippen LogP contribution in [-0.2, 0) is 20.9 Å². The molecular formula is C19H19NO6. The van der Waals surface area contributed by atoms with Crippen molar-refractivity contribution in [3.63, 3.8) is 0 Å². The maximum atomic E-state index is 12.1. The highest BCUT2D eigenvalue weighted by Crippen LogP contribution is 2.30. The summed E-state index contributed by atoms with van der Waals surface area (Å²) in [6, 6.07) is 12.3. The van der Waals surface area contributed by atoms with Gasteiger partial charge in [-0.25, -0.2) is 0 Å². The van der Waals surface area contributed by atoms with Gasteiger partial charge in [0.05, 0.1) is 26.3 Å². The number of ether oxygens (including phenoxy) is 4. The fourth-order valence-corrected chi connectivity index (χ4v) is 2.59. The van der Waals surface area contributed by atoms with Crippen LogP contribution in [0.4, 0.5) is 5.69 Å². The standard InChI is InChI=1S/C19H19NO6/c1-23-13-7-8-15(24-2)12(9-13)11-25-18(21)10-17-19(22)20-14-5-3-4-6-16(14)26-17/h3-9,17H,10-11H2,1-2H3,(H,20,22)/t17-/m0/s1. The predicted molar refractivity (Wildman–Crippen MR) is 93.4 cm³/mol. The van der Waals surface area contributed by atoms with E-state index in [9.17, 15) is 9.59 Å². The number of amides is 1. The van der Waals surface area contributed by atoms with Crippen molar-refractivity contribution in [2.75, 3.05) is 19.5 Å². The van der Waals surface area contributed by atoms with Crippen LogP contribution in [0.3, 0.4) is 0 Å². The summed E-state index contributed by atoms with van der Waals surface area (Å²) in [5.41, 5.74) is 1.25. The van der Waals surface area contributed by atoms with Crippen LogP contribution in [0.2, 0.25) is 0 Å². The lowest BCUT2D eigenvalue weighted by Crippen LogP contribution is -2.38. The fourth-order valence-electron chi connectivity index (χ4n) is 2.59. The molecule has 2 aromatic rings. The Morgan fingerprint density at radius 1 is 1.15 bits per heavy atom. The molecule has 26 heavy (non-hydrogen) atoms. The Kier molecular flexibility index (Phi) is 5.26. The Hall–Kier alpha value is -3.22. The van der Waals surface area contributed by atoms with Gasteiger partial charge in [0.1, 0.15) is 23.9 Å². The minimum atomic E-state index is -0.926. The lowest BCUT2D eigenvalue weighted by molar-refractivity contribution is -0.149. The number of benzene rings is 2. The van der Waals surface area contributed by atoms with Crippen LogP contribution < -0.4 is 19.5 Å². The molecule has 1 aliphatic rings. The average Bonchev–Trinajstić information content (AvgIpc) is 2.66. The van der Waals surface area contributed by atoms with Crippen molar-refractivity contribution in [2.45, 2.75) is 19.1 Å². The van der Waals surface area contributed by atoms with E-state index in [1.165, 1.54) is 7.11 Å². The first-order valence-corrected chi connectivity index (χ1v) is 8.04. The molecule has 2 aromatic carbocycles. The quantitative estimate of drug-likeness (QED) is 0.800. The van der Waals surface area contributed by atoms with Crippen LogP contribution in [0.1, 0.15) is 12.0 Å². The van der Waals surface area contributed by atoms with Gasteiger partial charge in [0.25, 0.3) is 5.91 Å². The Morgan fingerprint density at radius 3 is 2.73 bits per heavy atom. The summed E-state index contributed by atoms with van der Waals surface area (Å²) in [5.74, 6) is 0.816. The van der Waals surface area contributed by atoms with Gasteiger partial charge in [-0.3, -0.25) is 9.59 Å². The molecule has 1 amide bonds. The van der Waals surface area contributed by atoms with E-state index < -0.39 is 12.1 Å². The Balaban J connectivity index is 1.61. The van der Waals surface area contributed by atoms with E-state index in [2.05, 4.69) is 5.32 Å². The summed E-state index contributed by atoms with van der Waals surface area (Å²) < 4.78 is 21.3. The number of anilines is 1. The van der Waals surface area contributed by atoms with Crippen molar-refractivity contribution in [1.29, 1.82) is 0 Å². The first kappa shape index (κ1) is 17.6. The van der Waals surface area contributed by atoms with Crippen LogP contribution in [0.15, 0.2) is 42.5 Å². The van der Waals surface area contributed by atoms with E-state index in [0.717, 1.165) is 0 Å². The van der Waals surface area contributed by atoms with Crippen LogP contribution in [0.25, 0.3) is 0 Å². The van der Waals surface area contributed by atoms with E-state index in [4.69, 9.17) is 18.9 Å². The molecule has 136 valence electrons. The zero-order valence-corrected chi connectivity index (χ0v) is 14.5. The molecule has 0 saturated carbocycles. The van der Waals surface area contributed by atoms with Crippen LogP contribution in [0, 0.1) is 0 Å². The Bertz CT molecular complexity index is 819. The molecule has 0 spiro atoms. The molecule has 3 rings (SSSR count). The van der Waals surface area contributed by atoms with Crippen molar-refractivity contribution < 1.29 is 28.5 Å². The van der Waals surface area contributed by atoms with Gasteiger partial charge in [0, 0.05) is 5.56 Å². The molecular weight excluding hydrogens is 338 g/mol. The molecule has 1 heterocycles. The number of esters is 1. The smallest absolute Gasteiger partial charge is 0.310 e. The number of nitrogens with one attached hydrogen (secondary N) is 1. The fraction of sp³-hybridized carbons (Fsp3) is 0.263. The van der Waals surface area contributed by atoms with Gasteiger partial charge < -0.3 is 24.3 Å². The summed E-state index contributed by atoms with van der Waals surface area (Å²) >= 11 is 0. The van der Waals surface area contributed by atoms with Crippen LogP contribution >= 0.6 is 0 Å². The largest absolute Gasteiger partial charge is 0.497 e. The highest BCUT2D eigenvalue weighted by Gasteiger charge is 2.30. The normalized spacial score (nSPS) is 15.3. The molecule has 7 heteroatoms. The Morgan fingerprint density at radius 2 is 1.96 bits per heavy atom. The summed E-state index contributed by atoms with van der Waals surface area (Å²) in [5, 5.41) is 2.71. The van der Waals surface area contributed by atoms with E-state index >= 15 is 0 Å². The third-order valence-corrected chi connectivity index (χ3v) is 3.93. The summed E-state index contributed by atoms with van der Waals surface area (Å²) in [6.45, 7) is 0.00410. The van der Waals surface area contributed by atoms with Crippen molar-refractivity contribution >= 4 is 17.6 Å². The van der Waals surface area contributed by atoms with Gasteiger partial charge in [0.2, 0.25) is 0 Å². The molecule has 0 radical (unpaired) electrons. The monoisotopic (exact) mass is 357 g/mol. The molecule has 0 aliphatic carbocycles. The van der Waals surface area contributed by atoms with E-state index in [1.807, 2.05) is 0 Å². The van der Waals surface area contributed by atoms with Gasteiger partial charge in [-0.2, -0.15) is 0 Å². The number of para-hydroxylation sites is 2. The molecule has 7 nitrogen and oxygen atoms in total. The summed E-state index contributed by atoms with van der Waals surface area (Å²) in [4.78, 5) is 24.2. The maximum Gasteiger partial charge on any atom is 0.310 e. The van der Waals surface area contributed by atoms with E-state index in [-0.39, 0.29) is 18.9 Å². The number of hydrogen-bond acceptors (Lipinski definition) is 6. The topological polar surface area (TPSA) is 83.1 Å². The SMILES string of the molecule is COc1ccc(OC)c(COC(=O)C[C@@H]2Oc3ccccc3NC2=O)c1. The molecule has 0 unspecified atom stereocenters. The lowest BCUT2D eigenvalue weighted by Gasteiger charge is -2.25.